The van der Waals surface area contributed by atoms with Gasteiger partial charge in [0.1, 0.15) is 5.75 Å². The fraction of sp³-hybridized carbons (Fsp3) is 0.182. The Morgan fingerprint density at radius 3 is 2.57 bits per heavy atom. The van der Waals surface area contributed by atoms with Gasteiger partial charge in [0.15, 0.2) is 0 Å². The van der Waals surface area contributed by atoms with Crippen LogP contribution in [0.15, 0.2) is 24.3 Å². The predicted molar refractivity (Wildman–Crippen MR) is 58.7 cm³/mol. The van der Waals surface area contributed by atoms with Gasteiger partial charge in [0.05, 0.1) is 10.6 Å². The van der Waals surface area contributed by atoms with Gasteiger partial charge in [0.2, 0.25) is 0 Å². The minimum atomic E-state index is 0.343. The SMILES string of the molecule is Cc1cc(-c2ccc(O)c(C)c2)sn1. The molecule has 1 heterocycles. The van der Waals surface area contributed by atoms with E-state index in [0.29, 0.717) is 5.75 Å². The van der Waals surface area contributed by atoms with Crippen LogP contribution in [0, 0.1) is 13.8 Å². The van der Waals surface area contributed by atoms with Gasteiger partial charge in [-0.3, -0.25) is 0 Å². The first-order valence-electron chi connectivity index (χ1n) is 4.40. The maximum absolute atomic E-state index is 9.38. The maximum atomic E-state index is 9.38. The van der Waals surface area contributed by atoms with Crippen LogP contribution in [0.3, 0.4) is 0 Å². The summed E-state index contributed by atoms with van der Waals surface area (Å²) in [6, 6.07) is 7.66. The van der Waals surface area contributed by atoms with Crippen LogP contribution in [-0.4, -0.2) is 9.48 Å². The molecular weight excluding hydrogens is 194 g/mol. The van der Waals surface area contributed by atoms with E-state index in [-0.39, 0.29) is 0 Å². The molecule has 0 spiro atoms. The molecule has 2 rings (SSSR count). The van der Waals surface area contributed by atoms with Gasteiger partial charge in [-0.25, -0.2) is 0 Å². The second-order valence-corrected chi connectivity index (χ2v) is 4.14. The Hall–Kier alpha value is -1.35. The topological polar surface area (TPSA) is 33.1 Å². The molecule has 1 N–H and O–H groups in total. The average molecular weight is 205 g/mol. The van der Waals surface area contributed by atoms with Crippen LogP contribution in [0.4, 0.5) is 0 Å². The largest absolute Gasteiger partial charge is 0.508 e. The lowest BCUT2D eigenvalue weighted by molar-refractivity contribution is 0.471. The van der Waals surface area contributed by atoms with E-state index in [1.54, 1.807) is 6.07 Å². The van der Waals surface area contributed by atoms with E-state index >= 15 is 0 Å². The van der Waals surface area contributed by atoms with Crippen molar-refractivity contribution in [2.75, 3.05) is 0 Å². The van der Waals surface area contributed by atoms with Crippen LogP contribution in [0.5, 0.6) is 5.75 Å². The molecule has 72 valence electrons. The second kappa shape index (κ2) is 3.42. The summed E-state index contributed by atoms with van der Waals surface area (Å²) in [7, 11) is 0. The summed E-state index contributed by atoms with van der Waals surface area (Å²) in [5.41, 5.74) is 3.05. The Bertz CT molecular complexity index is 462. The molecule has 0 bridgehead atoms. The highest BCUT2D eigenvalue weighted by Crippen LogP contribution is 2.28. The number of hydrogen-bond donors (Lipinski definition) is 1. The van der Waals surface area contributed by atoms with Crippen molar-refractivity contribution < 1.29 is 5.11 Å². The fourth-order valence-electron chi connectivity index (χ4n) is 1.31. The molecule has 0 fully saturated rings. The highest BCUT2D eigenvalue weighted by Gasteiger charge is 2.03. The first kappa shape index (κ1) is 9.21. The summed E-state index contributed by atoms with van der Waals surface area (Å²) in [4.78, 5) is 1.14. The Kier molecular flexibility index (Phi) is 2.25. The van der Waals surface area contributed by atoms with Gasteiger partial charge in [-0.1, -0.05) is 0 Å². The van der Waals surface area contributed by atoms with Gasteiger partial charge in [-0.2, -0.15) is 4.37 Å². The zero-order valence-corrected chi connectivity index (χ0v) is 8.93. The van der Waals surface area contributed by atoms with Crippen molar-refractivity contribution >= 4 is 11.5 Å². The van der Waals surface area contributed by atoms with Crippen LogP contribution in [0.2, 0.25) is 0 Å². The molecule has 0 aliphatic heterocycles. The molecular formula is C11H11NOS. The third kappa shape index (κ3) is 1.63. The molecule has 1 aromatic heterocycles. The van der Waals surface area contributed by atoms with Crippen molar-refractivity contribution in [3.05, 3.63) is 35.5 Å². The number of nitrogens with zero attached hydrogens (tertiary/aromatic N) is 1. The van der Waals surface area contributed by atoms with Gasteiger partial charge in [0, 0.05) is 0 Å². The number of benzene rings is 1. The zero-order chi connectivity index (χ0) is 10.1. The Morgan fingerprint density at radius 1 is 1.21 bits per heavy atom. The number of aromatic hydroxyl groups is 1. The van der Waals surface area contributed by atoms with Gasteiger partial charge < -0.3 is 5.11 Å². The van der Waals surface area contributed by atoms with Crippen molar-refractivity contribution in [1.29, 1.82) is 0 Å². The standard InChI is InChI=1S/C11H11NOS/c1-7-5-9(3-4-10(7)13)11-6-8(2)12-14-11/h3-6,13H,1-2H3. The second-order valence-electron chi connectivity index (χ2n) is 3.33. The molecule has 0 aliphatic carbocycles. The highest BCUT2D eigenvalue weighted by molar-refractivity contribution is 7.09. The third-order valence-electron chi connectivity index (χ3n) is 2.11. The molecule has 2 nitrogen and oxygen atoms in total. The number of phenolic OH excluding ortho intramolecular Hbond substituents is 1. The summed E-state index contributed by atoms with van der Waals surface area (Å²) in [5, 5.41) is 9.38. The van der Waals surface area contributed by atoms with E-state index in [9.17, 15) is 5.11 Å². The van der Waals surface area contributed by atoms with Crippen LogP contribution in [0.25, 0.3) is 10.4 Å². The van der Waals surface area contributed by atoms with Crippen molar-refractivity contribution in [3.8, 4) is 16.2 Å². The minimum Gasteiger partial charge on any atom is -0.508 e. The van der Waals surface area contributed by atoms with E-state index < -0.39 is 0 Å². The molecule has 0 unspecified atom stereocenters. The fourth-order valence-corrected chi connectivity index (χ4v) is 2.06. The van der Waals surface area contributed by atoms with E-state index in [2.05, 4.69) is 10.4 Å². The number of aryl methyl sites for hydroxylation is 2. The lowest BCUT2D eigenvalue weighted by Crippen LogP contribution is -1.77. The lowest BCUT2D eigenvalue weighted by atomic mass is 10.1. The van der Waals surface area contributed by atoms with Crippen molar-refractivity contribution in [2.45, 2.75) is 13.8 Å². The van der Waals surface area contributed by atoms with Gasteiger partial charge >= 0.3 is 0 Å². The lowest BCUT2D eigenvalue weighted by Gasteiger charge is -2.00. The Balaban J connectivity index is 2.47. The maximum Gasteiger partial charge on any atom is 0.118 e. The summed E-state index contributed by atoms with van der Waals surface area (Å²) in [5.74, 6) is 0.343. The van der Waals surface area contributed by atoms with Crippen molar-refractivity contribution in [3.63, 3.8) is 0 Å². The monoisotopic (exact) mass is 205 g/mol. The number of rotatable bonds is 1. The van der Waals surface area contributed by atoms with Crippen LogP contribution < -0.4 is 0 Å². The molecule has 0 radical (unpaired) electrons. The Labute approximate surface area is 87.0 Å². The quantitative estimate of drug-likeness (QED) is 0.775. The van der Waals surface area contributed by atoms with Crippen LogP contribution in [-0.2, 0) is 0 Å². The smallest absolute Gasteiger partial charge is 0.118 e. The van der Waals surface area contributed by atoms with Crippen LogP contribution >= 0.6 is 11.5 Å². The third-order valence-corrected chi connectivity index (χ3v) is 3.04. The normalized spacial score (nSPS) is 10.4. The summed E-state index contributed by atoms with van der Waals surface area (Å²) >= 11 is 1.49. The molecule has 0 saturated heterocycles. The molecule has 3 heteroatoms. The molecule has 1 aromatic carbocycles. The summed E-state index contributed by atoms with van der Waals surface area (Å²) in [6.45, 7) is 3.87. The van der Waals surface area contributed by atoms with E-state index in [1.807, 2.05) is 26.0 Å². The van der Waals surface area contributed by atoms with E-state index in [1.165, 1.54) is 11.5 Å². The molecule has 0 atom stereocenters. The minimum absolute atomic E-state index is 0.343. The number of phenols is 1. The van der Waals surface area contributed by atoms with Gasteiger partial charge in [-0.05, 0) is 60.8 Å². The number of aromatic nitrogens is 1. The van der Waals surface area contributed by atoms with Gasteiger partial charge in [0.25, 0.3) is 0 Å². The Morgan fingerprint density at radius 2 is 2.00 bits per heavy atom. The van der Waals surface area contributed by atoms with E-state index in [0.717, 1.165) is 21.7 Å². The predicted octanol–water partition coefficient (Wildman–Crippen LogP) is 3.13. The molecule has 2 aromatic rings. The number of hydrogen-bond acceptors (Lipinski definition) is 3. The van der Waals surface area contributed by atoms with Crippen molar-refractivity contribution in [1.82, 2.24) is 4.37 Å². The first-order chi connectivity index (χ1) is 6.66. The first-order valence-corrected chi connectivity index (χ1v) is 5.17. The molecule has 0 aliphatic rings. The molecule has 14 heavy (non-hydrogen) atoms. The summed E-state index contributed by atoms with van der Waals surface area (Å²) in [6.07, 6.45) is 0. The van der Waals surface area contributed by atoms with E-state index in [4.69, 9.17) is 0 Å². The van der Waals surface area contributed by atoms with Crippen molar-refractivity contribution in [2.24, 2.45) is 0 Å². The zero-order valence-electron chi connectivity index (χ0n) is 8.11. The average Bonchev–Trinajstić information content (AvgIpc) is 2.57. The molecule has 0 saturated carbocycles. The summed E-state index contributed by atoms with van der Waals surface area (Å²) < 4.78 is 4.22. The van der Waals surface area contributed by atoms with Gasteiger partial charge in [-0.15, -0.1) is 0 Å². The van der Waals surface area contributed by atoms with Crippen LogP contribution in [0.1, 0.15) is 11.3 Å². The molecule has 0 amide bonds. The highest BCUT2D eigenvalue weighted by atomic mass is 32.1.